The van der Waals surface area contributed by atoms with Gasteiger partial charge in [0, 0.05) is 13.1 Å². The second-order valence-electron chi connectivity index (χ2n) is 4.50. The van der Waals surface area contributed by atoms with Gasteiger partial charge in [-0.05, 0) is 32.7 Å². The Bertz CT molecular complexity index is 262. The summed E-state index contributed by atoms with van der Waals surface area (Å²) in [4.78, 5) is 25.2. The van der Waals surface area contributed by atoms with Crippen molar-refractivity contribution < 1.29 is 9.59 Å². The van der Waals surface area contributed by atoms with Crippen LogP contribution in [0.15, 0.2) is 0 Å². The molecule has 0 aromatic rings. The van der Waals surface area contributed by atoms with Gasteiger partial charge in [-0.2, -0.15) is 0 Å². The Kier molecular flexibility index (Phi) is 5.97. The maximum atomic E-state index is 11.9. The molecule has 1 saturated heterocycles. The minimum absolute atomic E-state index is 0.0336. The maximum Gasteiger partial charge on any atom is 0.244 e. The van der Waals surface area contributed by atoms with Crippen LogP contribution in [0.2, 0.25) is 0 Å². The summed E-state index contributed by atoms with van der Waals surface area (Å²) >= 11 is 0. The molecule has 0 spiro atoms. The third-order valence-corrected chi connectivity index (χ3v) is 2.88. The first-order chi connectivity index (χ1) is 8.15. The molecule has 2 amide bonds. The lowest BCUT2D eigenvalue weighted by molar-refractivity contribution is -0.134. The van der Waals surface area contributed by atoms with Crippen molar-refractivity contribution >= 4 is 11.8 Å². The summed E-state index contributed by atoms with van der Waals surface area (Å²) in [6.45, 7) is 6.55. The number of hydrogen-bond donors (Lipinski definition) is 2. The Morgan fingerprint density at radius 3 is 2.53 bits per heavy atom. The lowest BCUT2D eigenvalue weighted by Crippen LogP contribution is -2.48. The van der Waals surface area contributed by atoms with E-state index >= 15 is 0 Å². The van der Waals surface area contributed by atoms with Gasteiger partial charge in [0.25, 0.3) is 0 Å². The molecule has 0 aromatic heterocycles. The molecule has 0 aromatic carbocycles. The molecule has 5 nitrogen and oxygen atoms in total. The first-order valence-electron chi connectivity index (χ1n) is 6.44. The van der Waals surface area contributed by atoms with Gasteiger partial charge in [0.15, 0.2) is 0 Å². The van der Waals surface area contributed by atoms with Gasteiger partial charge in [-0.15, -0.1) is 0 Å². The normalized spacial score (nSPS) is 16.9. The summed E-state index contributed by atoms with van der Waals surface area (Å²) in [7, 11) is 0. The molecule has 1 heterocycles. The zero-order chi connectivity index (χ0) is 12.7. The molecular weight excluding hydrogens is 218 g/mol. The summed E-state index contributed by atoms with van der Waals surface area (Å²) in [5, 5.41) is 5.73. The monoisotopic (exact) mass is 241 g/mol. The van der Waals surface area contributed by atoms with Gasteiger partial charge in [0.05, 0.1) is 6.54 Å². The molecule has 1 unspecified atom stereocenters. The molecular formula is C12H23N3O2. The Hall–Kier alpha value is -1.10. The van der Waals surface area contributed by atoms with Crippen LogP contribution in [-0.4, -0.2) is 48.9 Å². The minimum atomic E-state index is -0.413. The molecule has 1 aliphatic heterocycles. The highest BCUT2D eigenvalue weighted by molar-refractivity contribution is 5.88. The predicted molar refractivity (Wildman–Crippen MR) is 66.6 cm³/mol. The van der Waals surface area contributed by atoms with E-state index in [1.54, 1.807) is 6.92 Å². The van der Waals surface area contributed by atoms with Gasteiger partial charge in [0.1, 0.15) is 6.04 Å². The molecule has 0 saturated carbocycles. The van der Waals surface area contributed by atoms with E-state index in [-0.39, 0.29) is 18.4 Å². The zero-order valence-electron chi connectivity index (χ0n) is 10.8. The van der Waals surface area contributed by atoms with Gasteiger partial charge in [0.2, 0.25) is 11.8 Å². The average molecular weight is 241 g/mol. The smallest absolute Gasteiger partial charge is 0.244 e. The van der Waals surface area contributed by atoms with E-state index in [0.717, 1.165) is 38.9 Å². The summed E-state index contributed by atoms with van der Waals surface area (Å²) in [6, 6.07) is -0.413. The number of carbonyl (C=O) groups excluding carboxylic acids is 2. The highest BCUT2D eigenvalue weighted by atomic mass is 16.2. The van der Waals surface area contributed by atoms with Crippen LogP contribution in [0.3, 0.4) is 0 Å². The largest absolute Gasteiger partial charge is 0.343 e. The lowest BCUT2D eigenvalue weighted by Gasteiger charge is -2.21. The van der Waals surface area contributed by atoms with Gasteiger partial charge in [-0.1, -0.05) is 6.92 Å². The van der Waals surface area contributed by atoms with E-state index in [1.807, 2.05) is 11.8 Å². The number of carbonyl (C=O) groups is 2. The summed E-state index contributed by atoms with van der Waals surface area (Å²) in [5.41, 5.74) is 0. The number of nitrogens with zero attached hydrogens (tertiary/aromatic N) is 1. The number of nitrogens with one attached hydrogen (secondary N) is 2. The second-order valence-corrected chi connectivity index (χ2v) is 4.50. The van der Waals surface area contributed by atoms with E-state index in [9.17, 15) is 9.59 Å². The molecule has 1 fully saturated rings. The van der Waals surface area contributed by atoms with Crippen LogP contribution in [0.1, 0.15) is 33.1 Å². The van der Waals surface area contributed by atoms with Crippen LogP contribution >= 0.6 is 0 Å². The van der Waals surface area contributed by atoms with E-state index in [4.69, 9.17) is 0 Å². The molecule has 0 aliphatic carbocycles. The van der Waals surface area contributed by atoms with Gasteiger partial charge >= 0.3 is 0 Å². The first-order valence-corrected chi connectivity index (χ1v) is 6.44. The molecule has 1 aliphatic rings. The number of amides is 2. The third-order valence-electron chi connectivity index (χ3n) is 2.88. The topological polar surface area (TPSA) is 61.4 Å². The summed E-state index contributed by atoms with van der Waals surface area (Å²) < 4.78 is 0. The highest BCUT2D eigenvalue weighted by Gasteiger charge is 2.23. The van der Waals surface area contributed by atoms with Crippen molar-refractivity contribution in [2.75, 3.05) is 26.2 Å². The van der Waals surface area contributed by atoms with E-state index < -0.39 is 6.04 Å². The zero-order valence-corrected chi connectivity index (χ0v) is 10.8. The standard InChI is InChI=1S/C12H23N3O2/c1-3-6-13-9-11(16)14-10(2)12(17)15-7-4-5-8-15/h10,13H,3-9H2,1-2H3,(H,14,16). The first kappa shape index (κ1) is 14.0. The van der Waals surface area contributed by atoms with Gasteiger partial charge in [-0.25, -0.2) is 0 Å². The Balaban J connectivity index is 2.24. The molecule has 98 valence electrons. The van der Waals surface area contributed by atoms with Crippen LogP contribution in [-0.2, 0) is 9.59 Å². The van der Waals surface area contributed by atoms with Crippen molar-refractivity contribution in [2.45, 2.75) is 39.2 Å². The van der Waals surface area contributed by atoms with E-state index in [1.165, 1.54) is 0 Å². The molecule has 1 rings (SSSR count). The summed E-state index contributed by atoms with van der Waals surface area (Å²) in [5.74, 6) is -0.0789. The van der Waals surface area contributed by atoms with E-state index in [2.05, 4.69) is 10.6 Å². The lowest BCUT2D eigenvalue weighted by atomic mass is 10.3. The number of likely N-dealkylation sites (tertiary alicyclic amines) is 1. The van der Waals surface area contributed by atoms with Crippen LogP contribution < -0.4 is 10.6 Å². The fourth-order valence-electron chi connectivity index (χ4n) is 1.94. The Morgan fingerprint density at radius 2 is 1.94 bits per heavy atom. The van der Waals surface area contributed by atoms with Crippen LogP contribution in [0.25, 0.3) is 0 Å². The molecule has 0 bridgehead atoms. The fraction of sp³-hybridized carbons (Fsp3) is 0.833. The van der Waals surface area contributed by atoms with Crippen molar-refractivity contribution in [1.82, 2.24) is 15.5 Å². The molecule has 17 heavy (non-hydrogen) atoms. The average Bonchev–Trinajstić information content (AvgIpc) is 2.81. The van der Waals surface area contributed by atoms with Crippen molar-refractivity contribution in [3.63, 3.8) is 0 Å². The SMILES string of the molecule is CCCNCC(=O)NC(C)C(=O)N1CCCC1. The van der Waals surface area contributed by atoms with Crippen molar-refractivity contribution in [3.8, 4) is 0 Å². The van der Waals surface area contributed by atoms with Crippen LogP contribution in [0, 0.1) is 0 Å². The molecule has 1 atom stereocenters. The number of hydrogen-bond acceptors (Lipinski definition) is 3. The van der Waals surface area contributed by atoms with Gasteiger partial charge < -0.3 is 15.5 Å². The minimum Gasteiger partial charge on any atom is -0.343 e. The Labute approximate surface area is 103 Å². The summed E-state index contributed by atoms with van der Waals surface area (Å²) in [6.07, 6.45) is 3.14. The predicted octanol–water partition coefficient (Wildman–Crippen LogP) is 0.113. The second kappa shape index (κ2) is 7.27. The van der Waals surface area contributed by atoms with Crippen molar-refractivity contribution in [1.29, 1.82) is 0 Å². The number of rotatable bonds is 6. The van der Waals surface area contributed by atoms with Crippen molar-refractivity contribution in [3.05, 3.63) is 0 Å². The molecule has 2 N–H and O–H groups in total. The van der Waals surface area contributed by atoms with Crippen LogP contribution in [0.4, 0.5) is 0 Å². The quantitative estimate of drug-likeness (QED) is 0.649. The molecule has 0 radical (unpaired) electrons. The highest BCUT2D eigenvalue weighted by Crippen LogP contribution is 2.08. The van der Waals surface area contributed by atoms with Crippen LogP contribution in [0.5, 0.6) is 0 Å². The van der Waals surface area contributed by atoms with Crippen molar-refractivity contribution in [2.24, 2.45) is 0 Å². The van der Waals surface area contributed by atoms with Gasteiger partial charge in [-0.3, -0.25) is 9.59 Å². The van der Waals surface area contributed by atoms with E-state index in [0.29, 0.717) is 0 Å². The Morgan fingerprint density at radius 1 is 1.29 bits per heavy atom. The maximum absolute atomic E-state index is 11.9. The fourth-order valence-corrected chi connectivity index (χ4v) is 1.94. The third kappa shape index (κ3) is 4.73. The molecule has 5 heteroatoms.